The molecule has 0 aromatic carbocycles. The molecule has 2 rings (SSSR count). The monoisotopic (exact) mass is 316 g/mol. The number of H-pyrrole nitrogens is 2. The molecule has 3 N–H and O–H groups in total. The Morgan fingerprint density at radius 2 is 2.17 bits per heavy atom. The first kappa shape index (κ1) is 16.7. The van der Waals surface area contributed by atoms with Crippen LogP contribution in [0.4, 0.5) is 0 Å². The standard InChI is InChI=1S/C16H20N4O3/c1-2-3-6-13(11-5-4-7-17-10-11)18-14(21)8-12-9-15(22)19-20-16(12)23/h4-5,7,9-10,13H,2-3,6,8H2,1H3,(H,18,21)(H,19,22)(H,20,23)/t13-/m0/s1. The van der Waals surface area contributed by atoms with Crippen molar-refractivity contribution >= 4 is 5.91 Å². The van der Waals surface area contributed by atoms with E-state index in [1.54, 1.807) is 12.4 Å². The zero-order valence-electron chi connectivity index (χ0n) is 13.0. The number of rotatable bonds is 7. The predicted molar refractivity (Wildman–Crippen MR) is 86.0 cm³/mol. The van der Waals surface area contributed by atoms with E-state index in [1.165, 1.54) is 0 Å². The van der Waals surface area contributed by atoms with Crippen LogP contribution in [0.1, 0.15) is 43.4 Å². The molecular formula is C16H20N4O3. The van der Waals surface area contributed by atoms with Gasteiger partial charge >= 0.3 is 0 Å². The van der Waals surface area contributed by atoms with Gasteiger partial charge in [-0.05, 0) is 18.1 Å². The summed E-state index contributed by atoms with van der Waals surface area (Å²) < 4.78 is 0. The predicted octanol–water partition coefficient (Wildman–Crippen LogP) is 1.05. The molecule has 1 atom stereocenters. The van der Waals surface area contributed by atoms with E-state index in [0.29, 0.717) is 0 Å². The second kappa shape index (κ2) is 8.07. The fourth-order valence-corrected chi connectivity index (χ4v) is 2.32. The minimum atomic E-state index is -0.466. The van der Waals surface area contributed by atoms with Crippen LogP contribution in [0, 0.1) is 0 Å². The van der Waals surface area contributed by atoms with E-state index < -0.39 is 11.1 Å². The van der Waals surface area contributed by atoms with Crippen molar-refractivity contribution in [3.05, 3.63) is 62.4 Å². The summed E-state index contributed by atoms with van der Waals surface area (Å²) in [6, 6.07) is 4.72. The van der Waals surface area contributed by atoms with Gasteiger partial charge in [-0.2, -0.15) is 0 Å². The third-order valence-electron chi connectivity index (χ3n) is 3.52. The fourth-order valence-electron chi connectivity index (χ4n) is 2.32. The first-order valence-corrected chi connectivity index (χ1v) is 7.60. The topological polar surface area (TPSA) is 108 Å². The number of nitrogens with one attached hydrogen (secondary N) is 3. The van der Waals surface area contributed by atoms with Crippen LogP contribution < -0.4 is 16.4 Å². The minimum absolute atomic E-state index is 0.137. The molecule has 1 amide bonds. The highest BCUT2D eigenvalue weighted by molar-refractivity contribution is 5.78. The quantitative estimate of drug-likeness (QED) is 0.709. The largest absolute Gasteiger partial charge is 0.349 e. The molecule has 122 valence electrons. The van der Waals surface area contributed by atoms with Crippen molar-refractivity contribution in [2.24, 2.45) is 0 Å². The molecule has 0 bridgehead atoms. The lowest BCUT2D eigenvalue weighted by atomic mass is 10.0. The number of carbonyl (C=O) groups excluding carboxylic acids is 1. The lowest BCUT2D eigenvalue weighted by molar-refractivity contribution is -0.121. The van der Waals surface area contributed by atoms with Gasteiger partial charge in [0.15, 0.2) is 0 Å². The smallest absolute Gasteiger partial charge is 0.266 e. The van der Waals surface area contributed by atoms with Crippen molar-refractivity contribution in [2.75, 3.05) is 0 Å². The summed E-state index contributed by atoms with van der Waals surface area (Å²) in [7, 11) is 0. The van der Waals surface area contributed by atoms with Gasteiger partial charge < -0.3 is 5.32 Å². The van der Waals surface area contributed by atoms with Gasteiger partial charge in [-0.25, -0.2) is 0 Å². The second-order valence-electron chi connectivity index (χ2n) is 5.34. The Kier molecular flexibility index (Phi) is 5.85. The molecule has 0 aliphatic rings. The molecule has 0 radical (unpaired) electrons. The van der Waals surface area contributed by atoms with Gasteiger partial charge in [-0.3, -0.25) is 29.6 Å². The molecule has 0 saturated heterocycles. The van der Waals surface area contributed by atoms with Crippen LogP contribution in [-0.4, -0.2) is 21.1 Å². The van der Waals surface area contributed by atoms with Crippen molar-refractivity contribution in [3.63, 3.8) is 0 Å². The molecule has 7 heteroatoms. The maximum Gasteiger partial charge on any atom is 0.266 e. The highest BCUT2D eigenvalue weighted by Crippen LogP contribution is 2.18. The average Bonchev–Trinajstić information content (AvgIpc) is 2.55. The first-order chi connectivity index (χ1) is 11.1. The Bertz CT molecular complexity index is 752. The molecule has 0 unspecified atom stereocenters. The van der Waals surface area contributed by atoms with Gasteiger partial charge in [0.25, 0.3) is 11.1 Å². The van der Waals surface area contributed by atoms with Crippen molar-refractivity contribution in [1.82, 2.24) is 20.5 Å². The SMILES string of the molecule is CCCC[C@H](NC(=O)Cc1cc(=O)[nH][nH]c1=O)c1cccnc1. The van der Waals surface area contributed by atoms with Gasteiger partial charge in [0.1, 0.15) is 0 Å². The Morgan fingerprint density at radius 1 is 1.35 bits per heavy atom. The number of carbonyl (C=O) groups is 1. The third kappa shape index (κ3) is 4.91. The van der Waals surface area contributed by atoms with Gasteiger partial charge in [0.2, 0.25) is 5.91 Å². The van der Waals surface area contributed by atoms with E-state index in [0.717, 1.165) is 30.9 Å². The summed E-state index contributed by atoms with van der Waals surface area (Å²) in [6.45, 7) is 2.08. The summed E-state index contributed by atoms with van der Waals surface area (Å²) in [4.78, 5) is 39.2. The van der Waals surface area contributed by atoms with Gasteiger partial charge in [0, 0.05) is 24.0 Å². The van der Waals surface area contributed by atoms with E-state index in [9.17, 15) is 14.4 Å². The van der Waals surface area contributed by atoms with Crippen LogP contribution in [0.25, 0.3) is 0 Å². The zero-order chi connectivity index (χ0) is 16.7. The molecule has 0 saturated carbocycles. The average molecular weight is 316 g/mol. The maximum atomic E-state index is 12.2. The van der Waals surface area contributed by atoms with Gasteiger partial charge in [-0.1, -0.05) is 25.8 Å². The summed E-state index contributed by atoms with van der Waals surface area (Å²) in [6.07, 6.45) is 6.03. The summed E-state index contributed by atoms with van der Waals surface area (Å²) in [5.74, 6) is -0.300. The number of hydrogen-bond donors (Lipinski definition) is 3. The number of amides is 1. The molecule has 0 fully saturated rings. The molecule has 2 aromatic rings. The zero-order valence-corrected chi connectivity index (χ0v) is 13.0. The molecule has 23 heavy (non-hydrogen) atoms. The van der Waals surface area contributed by atoms with Crippen molar-refractivity contribution in [2.45, 2.75) is 38.6 Å². The van der Waals surface area contributed by atoms with Crippen LogP contribution in [0.2, 0.25) is 0 Å². The summed E-state index contributed by atoms with van der Waals surface area (Å²) in [5.41, 5.74) is 0.161. The minimum Gasteiger partial charge on any atom is -0.349 e. The number of nitrogens with zero attached hydrogens (tertiary/aromatic N) is 1. The first-order valence-electron chi connectivity index (χ1n) is 7.60. The number of aromatic amines is 2. The Balaban J connectivity index is 2.09. The van der Waals surface area contributed by atoms with Crippen LogP contribution in [-0.2, 0) is 11.2 Å². The van der Waals surface area contributed by atoms with E-state index in [4.69, 9.17) is 0 Å². The number of aromatic nitrogens is 3. The molecular weight excluding hydrogens is 296 g/mol. The van der Waals surface area contributed by atoms with Gasteiger partial charge in [0.05, 0.1) is 12.5 Å². The fraction of sp³-hybridized carbons (Fsp3) is 0.375. The Morgan fingerprint density at radius 3 is 2.87 bits per heavy atom. The lowest BCUT2D eigenvalue weighted by Crippen LogP contribution is -2.32. The van der Waals surface area contributed by atoms with Crippen LogP contribution >= 0.6 is 0 Å². The van der Waals surface area contributed by atoms with Crippen molar-refractivity contribution in [1.29, 1.82) is 0 Å². The number of hydrogen-bond acceptors (Lipinski definition) is 4. The van der Waals surface area contributed by atoms with E-state index in [1.807, 2.05) is 12.1 Å². The van der Waals surface area contributed by atoms with Gasteiger partial charge in [-0.15, -0.1) is 0 Å². The Hall–Kier alpha value is -2.70. The highest BCUT2D eigenvalue weighted by Gasteiger charge is 2.16. The lowest BCUT2D eigenvalue weighted by Gasteiger charge is -2.18. The highest BCUT2D eigenvalue weighted by atomic mass is 16.2. The van der Waals surface area contributed by atoms with E-state index in [-0.39, 0.29) is 23.9 Å². The molecule has 2 heterocycles. The van der Waals surface area contributed by atoms with E-state index >= 15 is 0 Å². The molecule has 0 aliphatic heterocycles. The molecule has 7 nitrogen and oxygen atoms in total. The van der Waals surface area contributed by atoms with E-state index in [2.05, 4.69) is 27.4 Å². The molecule has 0 aliphatic carbocycles. The number of unbranched alkanes of at least 4 members (excludes halogenated alkanes) is 1. The van der Waals surface area contributed by atoms with Crippen LogP contribution in [0.5, 0.6) is 0 Å². The number of pyridine rings is 1. The Labute approximate surface area is 133 Å². The molecule has 0 spiro atoms. The summed E-state index contributed by atoms with van der Waals surface area (Å²) in [5, 5.41) is 7.30. The van der Waals surface area contributed by atoms with Crippen LogP contribution in [0.15, 0.2) is 40.2 Å². The summed E-state index contributed by atoms with van der Waals surface area (Å²) >= 11 is 0. The third-order valence-corrected chi connectivity index (χ3v) is 3.52. The molecule has 2 aromatic heterocycles. The van der Waals surface area contributed by atoms with Crippen molar-refractivity contribution in [3.8, 4) is 0 Å². The normalized spacial score (nSPS) is 11.9. The maximum absolute atomic E-state index is 12.2. The van der Waals surface area contributed by atoms with Crippen LogP contribution in [0.3, 0.4) is 0 Å². The second-order valence-corrected chi connectivity index (χ2v) is 5.34. The van der Waals surface area contributed by atoms with Crippen molar-refractivity contribution < 1.29 is 4.79 Å².